The maximum atomic E-state index is 11.3. The van der Waals surface area contributed by atoms with Gasteiger partial charge in [-0.25, -0.2) is 4.79 Å². The van der Waals surface area contributed by atoms with Crippen LogP contribution in [0.15, 0.2) is 30.3 Å². The Balaban J connectivity index is 2.14. The molecule has 0 saturated carbocycles. The average Bonchev–Trinajstić information content (AvgIpc) is 2.41. The molecule has 0 aliphatic rings. The third-order valence-electron chi connectivity index (χ3n) is 2.21. The van der Waals surface area contributed by atoms with Crippen LogP contribution in [0.2, 0.25) is 0 Å². The molecule has 1 atom stereocenters. The first kappa shape index (κ1) is 14.5. The normalized spacial score (nSPS) is 11.9. The van der Waals surface area contributed by atoms with Crippen LogP contribution in [0.25, 0.3) is 0 Å². The number of hydrogen-bond donors (Lipinski definition) is 2. The molecule has 5 nitrogen and oxygen atoms in total. The number of hydrogen-bond acceptors (Lipinski definition) is 4. The third kappa shape index (κ3) is 6.22. The zero-order chi connectivity index (χ0) is 13.2. The second kappa shape index (κ2) is 8.49. The van der Waals surface area contributed by atoms with Crippen LogP contribution < -0.4 is 5.32 Å². The fourth-order valence-corrected chi connectivity index (χ4v) is 1.29. The quantitative estimate of drug-likeness (QED) is 0.769. The van der Waals surface area contributed by atoms with E-state index < -0.39 is 12.2 Å². The number of nitrogens with one attached hydrogen (secondary N) is 1. The summed E-state index contributed by atoms with van der Waals surface area (Å²) in [5, 5.41) is 11.9. The maximum absolute atomic E-state index is 11.3. The van der Waals surface area contributed by atoms with Crippen molar-refractivity contribution in [3.63, 3.8) is 0 Å². The van der Waals surface area contributed by atoms with Gasteiger partial charge < -0.3 is 19.9 Å². The number of benzene rings is 1. The fourth-order valence-electron chi connectivity index (χ4n) is 1.29. The lowest BCUT2D eigenvalue weighted by molar-refractivity contribution is 0.0415. The van der Waals surface area contributed by atoms with Crippen molar-refractivity contribution >= 4 is 6.09 Å². The first-order valence-electron chi connectivity index (χ1n) is 5.92. The van der Waals surface area contributed by atoms with E-state index in [1.807, 2.05) is 37.3 Å². The Kier molecular flexibility index (Phi) is 6.83. The van der Waals surface area contributed by atoms with Gasteiger partial charge in [0.25, 0.3) is 0 Å². The highest BCUT2D eigenvalue weighted by atomic mass is 16.5. The molecule has 5 heteroatoms. The highest BCUT2D eigenvalue weighted by molar-refractivity contribution is 5.67. The number of carbonyl (C=O) groups excluding carboxylic acids is 1. The zero-order valence-corrected chi connectivity index (χ0v) is 10.5. The molecule has 1 rings (SSSR count). The van der Waals surface area contributed by atoms with E-state index in [0.717, 1.165) is 5.56 Å². The van der Waals surface area contributed by atoms with Crippen molar-refractivity contribution in [2.24, 2.45) is 0 Å². The molecule has 100 valence electrons. The molecule has 0 aliphatic carbocycles. The number of rotatable bonds is 7. The second-order valence-corrected chi connectivity index (χ2v) is 3.76. The molecule has 0 heterocycles. The molecule has 0 aromatic heterocycles. The monoisotopic (exact) mass is 253 g/mol. The number of ether oxygens (including phenoxy) is 2. The molecule has 1 amide bonds. The summed E-state index contributed by atoms with van der Waals surface area (Å²) in [6, 6.07) is 9.40. The standard InChI is InChI=1S/C13H19NO4/c1-2-17-10-12(15)8-14-13(16)18-9-11-6-4-3-5-7-11/h3-7,12,15H,2,8-10H2,1H3,(H,14,16). The van der Waals surface area contributed by atoms with Gasteiger partial charge in [-0.15, -0.1) is 0 Å². The lowest BCUT2D eigenvalue weighted by atomic mass is 10.2. The van der Waals surface area contributed by atoms with Crippen molar-refractivity contribution in [1.29, 1.82) is 0 Å². The van der Waals surface area contributed by atoms with Crippen LogP contribution in [-0.2, 0) is 16.1 Å². The Hall–Kier alpha value is -1.59. The summed E-state index contributed by atoms with van der Waals surface area (Å²) in [5.41, 5.74) is 0.919. The molecule has 1 unspecified atom stereocenters. The molecule has 0 radical (unpaired) electrons. The van der Waals surface area contributed by atoms with Crippen molar-refractivity contribution in [3.05, 3.63) is 35.9 Å². The van der Waals surface area contributed by atoms with Gasteiger partial charge in [0.1, 0.15) is 6.61 Å². The minimum atomic E-state index is -0.714. The molecule has 1 aromatic carbocycles. The molecular formula is C13H19NO4. The molecule has 0 aliphatic heterocycles. The Morgan fingerprint density at radius 3 is 2.78 bits per heavy atom. The summed E-state index contributed by atoms with van der Waals surface area (Å²) in [7, 11) is 0. The Morgan fingerprint density at radius 1 is 1.39 bits per heavy atom. The van der Waals surface area contributed by atoms with E-state index in [4.69, 9.17) is 9.47 Å². The first-order chi connectivity index (χ1) is 8.72. The van der Waals surface area contributed by atoms with Crippen LogP contribution in [0.4, 0.5) is 4.79 Å². The van der Waals surface area contributed by atoms with E-state index in [1.54, 1.807) is 0 Å². The summed E-state index contributed by atoms with van der Waals surface area (Å²) in [5.74, 6) is 0. The van der Waals surface area contributed by atoms with Crippen LogP contribution >= 0.6 is 0 Å². The van der Waals surface area contributed by atoms with Crippen LogP contribution in [-0.4, -0.2) is 37.1 Å². The van der Waals surface area contributed by atoms with Gasteiger partial charge in [0.15, 0.2) is 0 Å². The van der Waals surface area contributed by atoms with E-state index >= 15 is 0 Å². The molecule has 1 aromatic rings. The minimum Gasteiger partial charge on any atom is -0.445 e. The molecule has 0 fully saturated rings. The van der Waals surface area contributed by atoms with Crippen molar-refractivity contribution in [1.82, 2.24) is 5.32 Å². The van der Waals surface area contributed by atoms with Crippen molar-refractivity contribution < 1.29 is 19.4 Å². The smallest absolute Gasteiger partial charge is 0.407 e. The highest BCUT2D eigenvalue weighted by Gasteiger charge is 2.07. The highest BCUT2D eigenvalue weighted by Crippen LogP contribution is 2.00. The average molecular weight is 253 g/mol. The predicted octanol–water partition coefficient (Wildman–Crippen LogP) is 1.31. The van der Waals surface area contributed by atoms with E-state index in [0.29, 0.717) is 6.61 Å². The summed E-state index contributed by atoms with van der Waals surface area (Å²) in [6.07, 6.45) is -1.26. The van der Waals surface area contributed by atoms with Crippen molar-refractivity contribution in [2.75, 3.05) is 19.8 Å². The first-order valence-corrected chi connectivity index (χ1v) is 5.92. The molecule has 2 N–H and O–H groups in total. The Labute approximate surface area is 107 Å². The number of amides is 1. The third-order valence-corrected chi connectivity index (χ3v) is 2.21. The largest absolute Gasteiger partial charge is 0.445 e. The predicted molar refractivity (Wildman–Crippen MR) is 67.1 cm³/mol. The Morgan fingerprint density at radius 2 is 2.11 bits per heavy atom. The van der Waals surface area contributed by atoms with Crippen LogP contribution in [0.5, 0.6) is 0 Å². The van der Waals surface area contributed by atoms with Gasteiger partial charge in [-0.1, -0.05) is 30.3 Å². The molecule has 0 bridgehead atoms. The summed E-state index contributed by atoms with van der Waals surface area (Å²) in [6.45, 7) is 2.92. The van der Waals surface area contributed by atoms with Gasteiger partial charge in [-0.2, -0.15) is 0 Å². The van der Waals surface area contributed by atoms with E-state index in [1.165, 1.54) is 0 Å². The van der Waals surface area contributed by atoms with Crippen molar-refractivity contribution in [3.8, 4) is 0 Å². The summed E-state index contributed by atoms with van der Waals surface area (Å²) >= 11 is 0. The van der Waals surface area contributed by atoms with Crippen LogP contribution in [0.3, 0.4) is 0 Å². The maximum Gasteiger partial charge on any atom is 0.407 e. The summed E-state index contributed by atoms with van der Waals surface area (Å²) < 4.78 is 10.00. The lowest BCUT2D eigenvalue weighted by Crippen LogP contribution is -2.34. The minimum absolute atomic E-state index is 0.119. The van der Waals surface area contributed by atoms with E-state index in [2.05, 4.69) is 5.32 Å². The molecular weight excluding hydrogens is 234 g/mol. The van der Waals surface area contributed by atoms with E-state index in [-0.39, 0.29) is 19.8 Å². The topological polar surface area (TPSA) is 67.8 Å². The number of carbonyl (C=O) groups is 1. The number of aliphatic hydroxyl groups is 1. The fraction of sp³-hybridized carbons (Fsp3) is 0.462. The molecule has 18 heavy (non-hydrogen) atoms. The van der Waals surface area contributed by atoms with Gasteiger partial charge in [-0.3, -0.25) is 0 Å². The van der Waals surface area contributed by atoms with Crippen LogP contribution in [0.1, 0.15) is 12.5 Å². The SMILES string of the molecule is CCOCC(O)CNC(=O)OCc1ccccc1. The molecule has 0 spiro atoms. The Bertz CT molecular complexity index is 342. The van der Waals surface area contributed by atoms with E-state index in [9.17, 15) is 9.90 Å². The second-order valence-electron chi connectivity index (χ2n) is 3.76. The van der Waals surface area contributed by atoms with Crippen molar-refractivity contribution in [2.45, 2.75) is 19.6 Å². The van der Waals surface area contributed by atoms with Gasteiger partial charge in [0.05, 0.1) is 12.7 Å². The van der Waals surface area contributed by atoms with Crippen LogP contribution in [0, 0.1) is 0 Å². The molecule has 0 saturated heterocycles. The van der Waals surface area contributed by atoms with Gasteiger partial charge in [0.2, 0.25) is 0 Å². The number of aliphatic hydroxyl groups excluding tert-OH is 1. The zero-order valence-electron chi connectivity index (χ0n) is 10.5. The van der Waals surface area contributed by atoms with Gasteiger partial charge >= 0.3 is 6.09 Å². The lowest BCUT2D eigenvalue weighted by Gasteiger charge is -2.11. The number of alkyl carbamates (subject to hydrolysis) is 1. The summed E-state index contributed by atoms with van der Waals surface area (Å²) in [4.78, 5) is 11.3. The van der Waals surface area contributed by atoms with Gasteiger partial charge in [-0.05, 0) is 12.5 Å². The van der Waals surface area contributed by atoms with Gasteiger partial charge in [0, 0.05) is 13.2 Å².